The average molecular weight is 401 g/mol. The van der Waals surface area contributed by atoms with E-state index in [1.807, 2.05) is 42.5 Å². The zero-order valence-electron chi connectivity index (χ0n) is 12.3. The van der Waals surface area contributed by atoms with Gasteiger partial charge in [0, 0.05) is 22.8 Å². The van der Waals surface area contributed by atoms with Gasteiger partial charge in [-0.15, -0.1) is 0 Å². The summed E-state index contributed by atoms with van der Waals surface area (Å²) in [4.78, 5) is 8.80. The summed E-state index contributed by atoms with van der Waals surface area (Å²) in [7, 11) is 0. The van der Waals surface area contributed by atoms with Crippen LogP contribution in [0.5, 0.6) is 0 Å². The zero-order chi connectivity index (χ0) is 16.5. The van der Waals surface area contributed by atoms with Gasteiger partial charge >= 0.3 is 0 Å². The second-order valence-electron chi connectivity index (χ2n) is 5.10. The molecule has 0 atom stereocenters. The highest BCUT2D eigenvalue weighted by atomic mass is 79.9. The lowest BCUT2D eigenvalue weighted by Gasteiger charge is -2.11. The molecule has 0 aliphatic heterocycles. The van der Waals surface area contributed by atoms with E-state index in [2.05, 4.69) is 36.3 Å². The average Bonchev–Trinajstić information content (AvgIpc) is 2.98. The SMILES string of the molecule is Clc1ccccc1-c1cc(Nc2cccnc2)n2ncc(Br)c2n1. The first-order chi connectivity index (χ1) is 11.7. The fraction of sp³-hybridized carbons (Fsp3) is 0. The van der Waals surface area contributed by atoms with Gasteiger partial charge in [0.05, 0.1) is 28.2 Å². The maximum absolute atomic E-state index is 6.33. The summed E-state index contributed by atoms with van der Waals surface area (Å²) in [5, 5.41) is 8.34. The van der Waals surface area contributed by atoms with Gasteiger partial charge in [-0.25, -0.2) is 4.98 Å². The highest BCUT2D eigenvalue weighted by Crippen LogP contribution is 2.31. The minimum absolute atomic E-state index is 0.650. The molecule has 24 heavy (non-hydrogen) atoms. The second kappa shape index (κ2) is 6.22. The summed E-state index contributed by atoms with van der Waals surface area (Å²) in [5.74, 6) is 0.772. The van der Waals surface area contributed by atoms with Gasteiger partial charge in [0.2, 0.25) is 0 Å². The molecule has 0 bridgehead atoms. The van der Waals surface area contributed by atoms with Crippen molar-refractivity contribution in [1.82, 2.24) is 19.6 Å². The largest absolute Gasteiger partial charge is 0.339 e. The molecular formula is C17H11BrClN5. The van der Waals surface area contributed by atoms with Crippen LogP contribution in [0, 0.1) is 0 Å². The van der Waals surface area contributed by atoms with E-state index in [0.29, 0.717) is 10.7 Å². The summed E-state index contributed by atoms with van der Waals surface area (Å²) in [6.45, 7) is 0. The molecule has 0 unspecified atom stereocenters. The molecule has 0 saturated carbocycles. The Morgan fingerprint density at radius 1 is 1.08 bits per heavy atom. The highest BCUT2D eigenvalue weighted by Gasteiger charge is 2.13. The van der Waals surface area contributed by atoms with Crippen LogP contribution in [0.15, 0.2) is 65.5 Å². The number of nitrogens with zero attached hydrogens (tertiary/aromatic N) is 4. The third-order valence-electron chi connectivity index (χ3n) is 3.51. The lowest BCUT2D eigenvalue weighted by molar-refractivity contribution is 0.948. The van der Waals surface area contributed by atoms with Crippen LogP contribution in [0.3, 0.4) is 0 Å². The van der Waals surface area contributed by atoms with Gasteiger partial charge in [-0.3, -0.25) is 4.98 Å². The third kappa shape index (κ3) is 2.74. The number of hydrogen-bond donors (Lipinski definition) is 1. The van der Waals surface area contributed by atoms with E-state index >= 15 is 0 Å². The molecule has 4 aromatic rings. The van der Waals surface area contributed by atoms with E-state index in [1.165, 1.54) is 0 Å². The fourth-order valence-corrected chi connectivity index (χ4v) is 3.00. The van der Waals surface area contributed by atoms with Crippen LogP contribution in [-0.4, -0.2) is 19.6 Å². The van der Waals surface area contributed by atoms with Crippen LogP contribution in [0.25, 0.3) is 16.9 Å². The van der Waals surface area contributed by atoms with Crippen LogP contribution in [0.2, 0.25) is 5.02 Å². The minimum atomic E-state index is 0.650. The fourth-order valence-electron chi connectivity index (χ4n) is 2.42. The number of hydrogen-bond acceptors (Lipinski definition) is 4. The molecule has 7 heteroatoms. The standard InChI is InChI=1S/C17H11BrClN5/c18-13-10-21-24-16(22-11-4-3-7-20-9-11)8-15(23-17(13)24)12-5-1-2-6-14(12)19/h1-10,22H. The molecule has 3 aromatic heterocycles. The molecule has 4 rings (SSSR count). The third-order valence-corrected chi connectivity index (χ3v) is 4.40. The lowest BCUT2D eigenvalue weighted by Crippen LogP contribution is -2.02. The van der Waals surface area contributed by atoms with Crippen molar-refractivity contribution in [3.63, 3.8) is 0 Å². The van der Waals surface area contributed by atoms with Crippen LogP contribution in [-0.2, 0) is 0 Å². The van der Waals surface area contributed by atoms with Gasteiger partial charge in [-0.1, -0.05) is 29.8 Å². The molecule has 3 heterocycles. The first-order valence-electron chi connectivity index (χ1n) is 7.18. The van der Waals surface area contributed by atoms with E-state index in [1.54, 1.807) is 23.1 Å². The number of fused-ring (bicyclic) bond motifs is 1. The Morgan fingerprint density at radius 3 is 2.75 bits per heavy atom. The summed E-state index contributed by atoms with van der Waals surface area (Å²) < 4.78 is 2.54. The van der Waals surface area contributed by atoms with Crippen LogP contribution in [0.4, 0.5) is 11.5 Å². The number of halogens is 2. The Morgan fingerprint density at radius 2 is 1.96 bits per heavy atom. The van der Waals surface area contributed by atoms with Crippen molar-refractivity contribution >= 4 is 44.7 Å². The summed E-state index contributed by atoms with van der Waals surface area (Å²) in [5.41, 5.74) is 3.20. The molecule has 0 amide bonds. The number of pyridine rings is 1. The number of aromatic nitrogens is 4. The molecule has 0 saturated heterocycles. The van der Waals surface area contributed by atoms with Gasteiger partial charge in [-0.2, -0.15) is 9.61 Å². The predicted octanol–water partition coefficient (Wildman–Crippen LogP) is 4.95. The van der Waals surface area contributed by atoms with Gasteiger partial charge in [-0.05, 0) is 34.1 Å². The highest BCUT2D eigenvalue weighted by molar-refractivity contribution is 9.10. The maximum Gasteiger partial charge on any atom is 0.172 e. The maximum atomic E-state index is 6.33. The lowest BCUT2D eigenvalue weighted by atomic mass is 10.1. The molecule has 0 spiro atoms. The Labute approximate surface area is 151 Å². The predicted molar refractivity (Wildman–Crippen MR) is 98.7 cm³/mol. The van der Waals surface area contributed by atoms with Gasteiger partial charge in [0.1, 0.15) is 5.82 Å². The summed E-state index contributed by atoms with van der Waals surface area (Å²) >= 11 is 9.82. The molecule has 0 aliphatic carbocycles. The molecule has 0 radical (unpaired) electrons. The zero-order valence-corrected chi connectivity index (χ0v) is 14.7. The number of benzene rings is 1. The van der Waals surface area contributed by atoms with Crippen molar-refractivity contribution in [2.75, 3.05) is 5.32 Å². The van der Waals surface area contributed by atoms with E-state index in [9.17, 15) is 0 Å². The van der Waals surface area contributed by atoms with Crippen molar-refractivity contribution in [2.45, 2.75) is 0 Å². The van der Waals surface area contributed by atoms with Crippen LogP contribution >= 0.6 is 27.5 Å². The van der Waals surface area contributed by atoms with E-state index in [-0.39, 0.29) is 0 Å². The normalized spacial score (nSPS) is 10.9. The van der Waals surface area contributed by atoms with E-state index < -0.39 is 0 Å². The van der Waals surface area contributed by atoms with Crippen molar-refractivity contribution in [2.24, 2.45) is 0 Å². The molecule has 1 aromatic carbocycles. The molecule has 5 nitrogen and oxygen atoms in total. The number of nitrogens with one attached hydrogen (secondary N) is 1. The quantitative estimate of drug-likeness (QED) is 0.528. The van der Waals surface area contributed by atoms with Crippen molar-refractivity contribution < 1.29 is 0 Å². The Balaban J connectivity index is 1.90. The van der Waals surface area contributed by atoms with Crippen molar-refractivity contribution in [1.29, 1.82) is 0 Å². The Kier molecular flexibility index (Phi) is 3.92. The monoisotopic (exact) mass is 399 g/mol. The van der Waals surface area contributed by atoms with Crippen LogP contribution in [0.1, 0.15) is 0 Å². The molecule has 1 N–H and O–H groups in total. The molecule has 0 fully saturated rings. The first kappa shape index (κ1) is 15.1. The van der Waals surface area contributed by atoms with Gasteiger partial charge in [0.15, 0.2) is 5.65 Å². The van der Waals surface area contributed by atoms with E-state index in [4.69, 9.17) is 11.6 Å². The summed E-state index contributed by atoms with van der Waals surface area (Å²) in [6.07, 6.45) is 5.19. The van der Waals surface area contributed by atoms with E-state index in [0.717, 1.165) is 27.2 Å². The van der Waals surface area contributed by atoms with Crippen molar-refractivity contribution in [3.05, 3.63) is 70.6 Å². The Hall–Kier alpha value is -2.44. The van der Waals surface area contributed by atoms with Crippen molar-refractivity contribution in [3.8, 4) is 11.3 Å². The number of rotatable bonds is 3. The molecule has 0 aliphatic rings. The van der Waals surface area contributed by atoms with Gasteiger partial charge < -0.3 is 5.32 Å². The van der Waals surface area contributed by atoms with Gasteiger partial charge in [0.25, 0.3) is 0 Å². The minimum Gasteiger partial charge on any atom is -0.339 e. The second-order valence-corrected chi connectivity index (χ2v) is 6.36. The summed E-state index contributed by atoms with van der Waals surface area (Å²) in [6, 6.07) is 13.4. The first-order valence-corrected chi connectivity index (χ1v) is 8.36. The Bertz CT molecular complexity index is 1020. The molecule has 118 valence electrons. The van der Waals surface area contributed by atoms with Crippen LogP contribution < -0.4 is 5.32 Å². The smallest absolute Gasteiger partial charge is 0.172 e. The topological polar surface area (TPSA) is 55.1 Å². The number of anilines is 2. The molecular weight excluding hydrogens is 390 g/mol.